The minimum atomic E-state index is -1.44. The minimum absolute atomic E-state index is 0.0456. The Labute approximate surface area is 493 Å². The Kier molecular flexibility index (Phi) is 38.2. The van der Waals surface area contributed by atoms with Crippen molar-refractivity contribution in [3.8, 4) is 0 Å². The summed E-state index contributed by atoms with van der Waals surface area (Å²) in [6.45, 7) is 12.7. The number of rotatable bonds is 44. The molecule has 0 saturated heterocycles. The van der Waals surface area contributed by atoms with E-state index < -0.39 is 108 Å². The number of aliphatic hydroxyl groups is 1. The summed E-state index contributed by atoms with van der Waals surface area (Å²) in [4.78, 5) is 125. The van der Waals surface area contributed by atoms with Gasteiger partial charge in [0.25, 0.3) is 0 Å². The average molecular weight is 1200 g/mol. The lowest BCUT2D eigenvalue weighted by molar-refractivity contribution is -0.136. The van der Waals surface area contributed by atoms with Gasteiger partial charge in [0.2, 0.25) is 53.2 Å². The first kappa shape index (κ1) is 76.2. The highest BCUT2D eigenvalue weighted by atomic mass is 16.3. The molecule has 0 aliphatic rings. The third-order valence-electron chi connectivity index (χ3n) is 12.8. The van der Waals surface area contributed by atoms with E-state index in [2.05, 4.69) is 63.8 Å². The standard InChI is InChI=1S/C52H102N22O10/c1-28(2)24-31(7)41(77)67-33(15-10-20-63-49(55)56)43(79)68-32(14-8-9-19-53)42(78)69-34(16-11-21-64-50(57)58)44(80)70-35(17-12-22-65-51(59)60)45(81)71-36(18-13-23-66-52(61)62)46(82)72-37(25-29(3)4)47(83)73-38(26-30(5)6)48(84)74-39(27-75)40(54)76/h28-39,75H,8-27,53H2,1-7H3,(H2,54,76)(H,67,77)(H,68,79)(H,69,78)(H,70,80)(H,71,81)(H,72,82)(H,73,83)(H,74,84)(H4,55,56,63)(H4,57,58,64)(H4,59,60,65)(H4,61,62,66)/t31-,32-,33-,34-,35-,36-,37-,38-,39-/m0/s1. The lowest BCUT2D eigenvalue weighted by Crippen LogP contribution is -2.60. The molecule has 0 rings (SSSR count). The van der Waals surface area contributed by atoms with Gasteiger partial charge in [0, 0.05) is 32.1 Å². The van der Waals surface area contributed by atoms with Gasteiger partial charge in [-0.15, -0.1) is 0 Å². The van der Waals surface area contributed by atoms with Gasteiger partial charge in [-0.2, -0.15) is 0 Å². The summed E-state index contributed by atoms with van der Waals surface area (Å²) < 4.78 is 0. The molecule has 0 aliphatic carbocycles. The summed E-state index contributed by atoms with van der Waals surface area (Å²) in [5, 5.41) is 71.9. The van der Waals surface area contributed by atoms with Gasteiger partial charge in [-0.25, -0.2) is 0 Å². The Bertz CT molecular complexity index is 2150. The number of carbonyl (C=O) groups is 9. The SMILES string of the molecule is CC(C)C[C@H](NC(=O)[C@H](CC(C)C)NC(=O)[C@H](CCCNC(=N)N)NC(=O)[C@H](CCCNC(=N)N)NC(=O)[C@H](CCCNC(=N)N)NC(=O)[C@H](CCCCN)NC(=O)[C@H](CCCNC(=N)N)NC(=O)[C@@H](C)CC(C)C)C(=O)N[C@@H](CO)C(N)=O. The molecule has 0 heterocycles. The van der Waals surface area contributed by atoms with E-state index in [4.69, 9.17) is 56.0 Å². The van der Waals surface area contributed by atoms with Crippen LogP contribution in [0.1, 0.15) is 138 Å². The molecule has 0 spiro atoms. The van der Waals surface area contributed by atoms with E-state index in [-0.39, 0.29) is 144 Å². The molecule has 0 unspecified atom stereocenters. The zero-order valence-electron chi connectivity index (χ0n) is 50.2. The van der Waals surface area contributed by atoms with Crippen molar-refractivity contribution in [3.05, 3.63) is 0 Å². The molecule has 32 nitrogen and oxygen atoms in total. The van der Waals surface area contributed by atoms with Crippen LogP contribution >= 0.6 is 0 Å². The lowest BCUT2D eigenvalue weighted by Gasteiger charge is -2.29. The maximum Gasteiger partial charge on any atom is 0.243 e. The summed E-state index contributed by atoms with van der Waals surface area (Å²) in [6, 6.07) is -10.6. The smallest absolute Gasteiger partial charge is 0.243 e. The van der Waals surface area contributed by atoms with Crippen LogP contribution in [0.5, 0.6) is 0 Å². The lowest BCUT2D eigenvalue weighted by atomic mass is 9.97. The van der Waals surface area contributed by atoms with Crippen molar-refractivity contribution in [3.63, 3.8) is 0 Å². The topological polar surface area (TPSA) is 570 Å². The van der Waals surface area contributed by atoms with Crippen molar-refractivity contribution in [1.29, 1.82) is 21.6 Å². The molecule has 0 aromatic rings. The van der Waals surface area contributed by atoms with E-state index in [1.807, 2.05) is 13.8 Å². The van der Waals surface area contributed by atoms with E-state index in [1.54, 1.807) is 34.6 Å². The van der Waals surface area contributed by atoms with Crippen molar-refractivity contribution < 1.29 is 48.3 Å². The molecule has 0 aromatic heterocycles. The van der Waals surface area contributed by atoms with Crippen LogP contribution in [-0.4, -0.2) is 170 Å². The minimum Gasteiger partial charge on any atom is -0.394 e. The highest BCUT2D eigenvalue weighted by Gasteiger charge is 2.35. The zero-order valence-corrected chi connectivity index (χ0v) is 50.2. The molecule has 84 heavy (non-hydrogen) atoms. The number of nitrogens with one attached hydrogen (secondary N) is 16. The van der Waals surface area contributed by atoms with E-state index in [0.717, 1.165) is 0 Å². The monoisotopic (exact) mass is 1190 g/mol. The van der Waals surface area contributed by atoms with E-state index in [9.17, 15) is 48.3 Å². The number of guanidine groups is 4. The quantitative estimate of drug-likeness (QED) is 0.0155. The summed E-state index contributed by atoms with van der Waals surface area (Å²) in [6.07, 6.45) is 1.99. The van der Waals surface area contributed by atoms with Crippen molar-refractivity contribution in [2.45, 2.75) is 187 Å². The highest BCUT2D eigenvalue weighted by molar-refractivity contribution is 5.98. The molecule has 0 aliphatic heterocycles. The van der Waals surface area contributed by atoms with Crippen LogP contribution in [0.15, 0.2) is 0 Å². The van der Waals surface area contributed by atoms with Crippen LogP contribution in [0.2, 0.25) is 0 Å². The average Bonchev–Trinajstić information content (AvgIpc) is 3.46. The van der Waals surface area contributed by atoms with Gasteiger partial charge >= 0.3 is 0 Å². The van der Waals surface area contributed by atoms with Gasteiger partial charge in [0.1, 0.15) is 48.3 Å². The summed E-state index contributed by atoms with van der Waals surface area (Å²) >= 11 is 0. The van der Waals surface area contributed by atoms with Gasteiger partial charge in [0.05, 0.1) is 6.61 Å². The molecule has 29 N–H and O–H groups in total. The summed E-state index contributed by atoms with van der Waals surface area (Å²) in [5.41, 5.74) is 33.1. The number of hydrogen-bond acceptors (Lipinski definition) is 15. The first-order valence-corrected chi connectivity index (χ1v) is 28.8. The summed E-state index contributed by atoms with van der Waals surface area (Å²) in [5.74, 6) is -9.13. The van der Waals surface area contributed by atoms with Crippen LogP contribution in [-0.2, 0) is 43.2 Å². The second-order valence-corrected chi connectivity index (χ2v) is 22.1. The number of amides is 9. The second kappa shape index (κ2) is 42.1. The van der Waals surface area contributed by atoms with Gasteiger partial charge < -0.3 is 103 Å². The molecular formula is C52H102N22O10. The highest BCUT2D eigenvalue weighted by Crippen LogP contribution is 2.14. The van der Waals surface area contributed by atoms with Crippen molar-refractivity contribution in [2.75, 3.05) is 39.3 Å². The molecule has 480 valence electrons. The Morgan fingerprint density at radius 1 is 0.345 bits per heavy atom. The molecule has 0 bridgehead atoms. The number of nitrogens with two attached hydrogens (primary N) is 6. The fourth-order valence-corrected chi connectivity index (χ4v) is 8.60. The third kappa shape index (κ3) is 34.6. The molecule has 0 aromatic carbocycles. The Morgan fingerprint density at radius 3 is 0.821 bits per heavy atom. The predicted molar refractivity (Wildman–Crippen MR) is 319 cm³/mol. The largest absolute Gasteiger partial charge is 0.394 e. The Morgan fingerprint density at radius 2 is 0.583 bits per heavy atom. The van der Waals surface area contributed by atoms with Crippen LogP contribution in [0.3, 0.4) is 0 Å². The van der Waals surface area contributed by atoms with Gasteiger partial charge in [-0.05, 0) is 114 Å². The maximum absolute atomic E-state index is 14.6. The number of primary amides is 1. The fourth-order valence-electron chi connectivity index (χ4n) is 8.60. The fraction of sp³-hybridized carbons (Fsp3) is 0.750. The van der Waals surface area contributed by atoms with E-state index >= 15 is 0 Å². The van der Waals surface area contributed by atoms with Crippen LogP contribution in [0.25, 0.3) is 0 Å². The first-order chi connectivity index (χ1) is 39.4. The third-order valence-corrected chi connectivity index (χ3v) is 12.8. The summed E-state index contributed by atoms with van der Waals surface area (Å²) in [7, 11) is 0. The molecule has 32 heteroatoms. The van der Waals surface area contributed by atoms with E-state index in [1.165, 1.54) is 0 Å². The van der Waals surface area contributed by atoms with Gasteiger partial charge in [-0.3, -0.25) is 64.8 Å². The van der Waals surface area contributed by atoms with Gasteiger partial charge in [-0.1, -0.05) is 48.5 Å². The van der Waals surface area contributed by atoms with Crippen molar-refractivity contribution in [1.82, 2.24) is 63.8 Å². The number of hydrogen-bond donors (Lipinski definition) is 23. The van der Waals surface area contributed by atoms with Crippen LogP contribution in [0, 0.1) is 45.3 Å². The normalized spacial score (nSPS) is 14.3. The van der Waals surface area contributed by atoms with Crippen molar-refractivity contribution >= 4 is 77.0 Å². The predicted octanol–water partition coefficient (Wildman–Crippen LogP) is -4.70. The number of unbranched alkanes of at least 4 members (excludes halogenated alkanes) is 1. The van der Waals surface area contributed by atoms with Crippen molar-refractivity contribution in [2.24, 2.45) is 58.1 Å². The number of aliphatic hydroxyl groups excluding tert-OH is 1. The Balaban J connectivity index is 7.31. The van der Waals surface area contributed by atoms with E-state index in [0.29, 0.717) is 25.7 Å². The van der Waals surface area contributed by atoms with Crippen LogP contribution in [0.4, 0.5) is 0 Å². The molecule has 9 amide bonds. The molecule has 0 saturated carbocycles. The van der Waals surface area contributed by atoms with Crippen LogP contribution < -0.4 is 98.2 Å². The zero-order chi connectivity index (χ0) is 64.1. The molecular weight excluding hydrogens is 1090 g/mol. The van der Waals surface area contributed by atoms with Gasteiger partial charge in [0.15, 0.2) is 23.8 Å². The molecule has 0 fully saturated rings. The maximum atomic E-state index is 14.6. The first-order valence-electron chi connectivity index (χ1n) is 28.8. The molecule has 9 atom stereocenters. The Hall–Kier alpha value is -7.77. The molecule has 0 radical (unpaired) electrons. The number of carbonyl (C=O) groups excluding carboxylic acids is 9. The second-order valence-electron chi connectivity index (χ2n) is 22.1.